The molecule has 4 aromatic carbocycles. The van der Waals surface area contributed by atoms with Crippen LogP contribution in [-0.4, -0.2) is 43.7 Å². The molecule has 0 fully saturated rings. The van der Waals surface area contributed by atoms with Gasteiger partial charge in [-0.15, -0.1) is 0 Å². The second kappa shape index (κ2) is 29.5. The van der Waals surface area contributed by atoms with Crippen LogP contribution in [0.15, 0.2) is 74.6 Å². The average molecular weight is 973 g/mol. The van der Waals surface area contributed by atoms with Gasteiger partial charge in [-0.2, -0.15) is 0 Å². The molecule has 0 atom stereocenters. The molecule has 8 bridgehead atoms. The molecule has 0 aliphatic heterocycles. The number of unbranched alkanes of at least 4 members (excludes halogenated alkanes) is 15. The van der Waals surface area contributed by atoms with Crippen LogP contribution in [0, 0.1) is 0 Å². The minimum Gasteiger partial charge on any atom is -0.493 e. The fraction of sp³-hybridized carbons (Fsp3) is 0.500. The molecule has 0 spiro atoms. The summed E-state index contributed by atoms with van der Waals surface area (Å²) in [5.41, 5.74) is 58.2. The number of ether oxygens (including phenoxy) is 3. The van der Waals surface area contributed by atoms with Crippen LogP contribution in [-0.2, 0) is 25.7 Å². The summed E-state index contributed by atoms with van der Waals surface area (Å²) in [6.45, 7) is 8.26. The molecule has 0 amide bonds. The maximum Gasteiger partial charge on any atom is 0.191 e. The van der Waals surface area contributed by atoms with Crippen LogP contribution >= 0.6 is 0 Å². The molecule has 0 aromatic heterocycles. The molecule has 15 heteroatoms. The van der Waals surface area contributed by atoms with Crippen molar-refractivity contribution in [2.45, 2.75) is 162 Å². The van der Waals surface area contributed by atoms with Gasteiger partial charge >= 0.3 is 0 Å². The van der Waals surface area contributed by atoms with E-state index in [-0.39, 0.29) is 23.8 Å². The molecule has 0 radical (unpaired) electrons. The van der Waals surface area contributed by atoms with Crippen molar-refractivity contribution in [1.29, 1.82) is 0 Å². The zero-order valence-electron chi connectivity index (χ0n) is 43.0. The molecule has 0 unspecified atom stereocenters. The fourth-order valence-corrected chi connectivity index (χ4v) is 9.37. The first kappa shape index (κ1) is 55.3. The first-order valence-corrected chi connectivity index (χ1v) is 26.2. The summed E-state index contributed by atoms with van der Waals surface area (Å²) in [5, 5.41) is 0. The lowest BCUT2D eigenvalue weighted by atomic mass is 9.90. The normalized spacial score (nSPS) is 11.9. The molecule has 0 saturated carbocycles. The molecule has 0 heterocycles. The van der Waals surface area contributed by atoms with Gasteiger partial charge < -0.3 is 60.1 Å². The van der Waals surface area contributed by atoms with Crippen molar-refractivity contribution < 1.29 is 14.2 Å². The van der Waals surface area contributed by atoms with Gasteiger partial charge in [0.1, 0.15) is 17.2 Å². The van der Waals surface area contributed by atoms with E-state index in [4.69, 9.17) is 60.1 Å². The van der Waals surface area contributed by atoms with Crippen molar-refractivity contribution in [3.63, 3.8) is 0 Å². The van der Waals surface area contributed by atoms with Crippen LogP contribution in [0.3, 0.4) is 0 Å². The van der Waals surface area contributed by atoms with E-state index >= 15 is 0 Å². The number of hydrogen-bond acceptors (Lipinski definition) is 7. The Morgan fingerprint density at radius 2 is 0.563 bits per heavy atom. The lowest BCUT2D eigenvalue weighted by Gasteiger charge is -2.23. The van der Waals surface area contributed by atoms with E-state index in [1.807, 2.05) is 48.5 Å². The molecular formula is C56H84N12O3. The minimum atomic E-state index is -0.0639. The number of nitrogens with zero attached hydrogens (tertiary/aromatic N) is 4. The van der Waals surface area contributed by atoms with Crippen molar-refractivity contribution in [2.75, 3.05) is 19.8 Å². The topological polar surface area (TPSA) is 285 Å². The van der Waals surface area contributed by atoms with Gasteiger partial charge in [0.15, 0.2) is 23.8 Å². The summed E-state index contributed by atoms with van der Waals surface area (Å²) in [5.74, 6) is 2.01. The third kappa shape index (κ3) is 18.9. The van der Waals surface area contributed by atoms with Crippen molar-refractivity contribution in [3.8, 4) is 17.2 Å². The summed E-state index contributed by atoms with van der Waals surface area (Å²) in [6, 6.07) is 18.1. The Morgan fingerprint density at radius 1 is 0.324 bits per heavy atom. The Hall–Kier alpha value is -6.64. The predicted octanol–water partition coefficient (Wildman–Crippen LogP) is 10.2. The van der Waals surface area contributed by atoms with Crippen molar-refractivity contribution in [2.24, 2.45) is 65.8 Å². The smallest absolute Gasteiger partial charge is 0.191 e. The molecular weight excluding hydrogens is 889 g/mol. The fourth-order valence-electron chi connectivity index (χ4n) is 9.37. The highest BCUT2D eigenvalue weighted by Gasteiger charge is 2.23. The summed E-state index contributed by atoms with van der Waals surface area (Å²) >= 11 is 0. The van der Waals surface area contributed by atoms with Crippen molar-refractivity contribution >= 4 is 46.6 Å². The molecule has 0 saturated heterocycles. The van der Waals surface area contributed by atoms with E-state index in [2.05, 4.69) is 46.8 Å². The molecule has 5 rings (SSSR count). The zero-order chi connectivity index (χ0) is 51.0. The lowest BCUT2D eigenvalue weighted by Crippen LogP contribution is -2.22. The largest absolute Gasteiger partial charge is 0.493 e. The van der Waals surface area contributed by atoms with E-state index in [9.17, 15) is 0 Å². The Bertz CT molecular complexity index is 2300. The summed E-state index contributed by atoms with van der Waals surface area (Å²) < 4.78 is 20.9. The molecule has 1 aliphatic rings. The zero-order valence-corrected chi connectivity index (χ0v) is 43.0. The third-order valence-corrected chi connectivity index (χ3v) is 12.5. The van der Waals surface area contributed by atoms with Crippen LogP contribution in [0.1, 0.15) is 181 Å². The Morgan fingerprint density at radius 3 is 0.831 bits per heavy atom. The maximum absolute atomic E-state index is 7.00. The number of rotatable bonds is 28. The van der Waals surface area contributed by atoms with Gasteiger partial charge in [-0.1, -0.05) is 123 Å². The van der Waals surface area contributed by atoms with E-state index in [0.29, 0.717) is 68.3 Å². The van der Waals surface area contributed by atoms with E-state index in [0.717, 1.165) is 120 Å². The van der Waals surface area contributed by atoms with Crippen LogP contribution in [0.25, 0.3) is 0 Å². The standard InChI is InChI=1S/C56H84N12O3/c1-4-7-10-13-16-19-22-69-50-40-26-38-25-39(29-46(28-38)65-53(57)58)27-41-33-48(67-55(61)62)35-43(51(41)70-23-20-17-14-11-8-5-2)31-45-37-49(68-56(63)64)36-44(30-42(50)34-47(32-40)66-54(59)60)52(45)71-24-21-18-15-12-9-6-3/h25,28-29,32-37H,4-24,26-27,30-31H2,1-3H3,(H4,57,58,65)(H4,59,60,66)(H4,61,62,67)(H4,63,64,68). The number of aliphatic imine (C=N–C) groups is 4. The summed E-state index contributed by atoms with van der Waals surface area (Å²) in [6.07, 6.45) is 21.8. The van der Waals surface area contributed by atoms with Gasteiger partial charge in [-0.3, -0.25) is 0 Å². The van der Waals surface area contributed by atoms with E-state index in [1.54, 1.807) is 0 Å². The number of hydrogen-bond donors (Lipinski definition) is 8. The number of guanidine groups is 4. The van der Waals surface area contributed by atoms with Gasteiger partial charge in [0.2, 0.25) is 0 Å². The molecule has 386 valence electrons. The molecule has 71 heavy (non-hydrogen) atoms. The monoisotopic (exact) mass is 973 g/mol. The molecule has 4 aromatic rings. The maximum atomic E-state index is 7.00. The van der Waals surface area contributed by atoms with Crippen molar-refractivity contribution in [1.82, 2.24) is 0 Å². The predicted molar refractivity (Wildman–Crippen MR) is 295 cm³/mol. The quantitative estimate of drug-likeness (QED) is 0.0132. The summed E-state index contributed by atoms with van der Waals surface area (Å²) in [4.78, 5) is 18.4. The minimum absolute atomic E-state index is 0.0500. The van der Waals surface area contributed by atoms with Crippen LogP contribution < -0.4 is 60.1 Å². The Kier molecular flexibility index (Phi) is 23.0. The first-order valence-electron chi connectivity index (χ1n) is 26.2. The van der Waals surface area contributed by atoms with Gasteiger partial charge in [0, 0.05) is 59.1 Å². The highest BCUT2D eigenvalue weighted by molar-refractivity contribution is 5.81. The van der Waals surface area contributed by atoms with Crippen LogP contribution in [0.2, 0.25) is 0 Å². The van der Waals surface area contributed by atoms with Gasteiger partial charge in [0.25, 0.3) is 0 Å². The summed E-state index contributed by atoms with van der Waals surface area (Å²) in [7, 11) is 0. The third-order valence-electron chi connectivity index (χ3n) is 12.5. The Labute approximate surface area is 423 Å². The molecule has 1 aliphatic carbocycles. The first-order chi connectivity index (χ1) is 34.3. The average Bonchev–Trinajstić information content (AvgIpc) is 3.29. The van der Waals surface area contributed by atoms with Crippen LogP contribution in [0.5, 0.6) is 17.2 Å². The molecule has 15 nitrogen and oxygen atoms in total. The highest BCUT2D eigenvalue weighted by Crippen LogP contribution is 2.42. The number of fused-ring (bicyclic) bond motifs is 8. The lowest BCUT2D eigenvalue weighted by molar-refractivity contribution is 0.294. The highest BCUT2D eigenvalue weighted by atomic mass is 16.5. The second-order valence-corrected chi connectivity index (χ2v) is 19.0. The number of benzene rings is 4. The number of nitrogens with two attached hydrogens (primary N) is 8. The van der Waals surface area contributed by atoms with Crippen LogP contribution in [0.4, 0.5) is 22.7 Å². The Balaban J connectivity index is 1.81. The second-order valence-electron chi connectivity index (χ2n) is 19.0. The van der Waals surface area contributed by atoms with E-state index in [1.165, 1.54) is 57.8 Å². The van der Waals surface area contributed by atoms with E-state index < -0.39 is 0 Å². The van der Waals surface area contributed by atoms with Crippen molar-refractivity contribution in [3.05, 3.63) is 99.1 Å². The van der Waals surface area contributed by atoms with Gasteiger partial charge in [-0.05, 0) is 78.9 Å². The molecule has 16 N–H and O–H groups in total. The van der Waals surface area contributed by atoms with Gasteiger partial charge in [0.05, 0.1) is 42.6 Å². The van der Waals surface area contributed by atoms with Gasteiger partial charge in [-0.25, -0.2) is 20.0 Å². The SMILES string of the molecule is CCCCCCCCOc1c2cc(N=C(N)N)cc1Cc1cc(N=C(N)N)cc(c1OCCCCCCCC)Cc1cc(N=C(N)N)cc(c1OCCCCCCCC)Cc1cc(cc(N=C(N)N)c1)C2.